The van der Waals surface area contributed by atoms with Crippen molar-refractivity contribution in [1.29, 1.82) is 0 Å². The van der Waals surface area contributed by atoms with Gasteiger partial charge in [-0.25, -0.2) is 9.97 Å². The minimum Gasteiger partial charge on any atom is -0.322 e. The van der Waals surface area contributed by atoms with Gasteiger partial charge in [-0.1, -0.05) is 29.3 Å². The third-order valence-electron chi connectivity index (χ3n) is 2.04. The summed E-state index contributed by atoms with van der Waals surface area (Å²) in [6.45, 7) is 0. The Morgan fingerprint density at radius 1 is 1.22 bits per heavy atom. The highest BCUT2D eigenvalue weighted by atomic mass is 35.5. The molecule has 0 aliphatic heterocycles. The second-order valence-corrected chi connectivity index (χ2v) is 4.44. The van der Waals surface area contributed by atoms with Crippen LogP contribution in [0.15, 0.2) is 30.5 Å². The zero-order valence-electron chi connectivity index (χ0n) is 8.82. The summed E-state index contributed by atoms with van der Waals surface area (Å²) in [6.07, 6.45) is 1.26. The molecule has 2 rings (SSSR count). The molecule has 2 aromatic rings. The third kappa shape index (κ3) is 3.10. The highest BCUT2D eigenvalue weighted by Crippen LogP contribution is 2.18. The zero-order valence-corrected chi connectivity index (χ0v) is 11.1. The molecule has 0 aliphatic carbocycles. The summed E-state index contributed by atoms with van der Waals surface area (Å²) in [6, 6.07) is 6.74. The van der Waals surface area contributed by atoms with Gasteiger partial charge >= 0.3 is 0 Å². The largest absolute Gasteiger partial charge is 0.322 e. The second-order valence-electron chi connectivity index (χ2n) is 3.31. The molecule has 0 bridgehead atoms. The monoisotopic (exact) mass is 301 g/mol. The number of anilines is 1. The van der Waals surface area contributed by atoms with Gasteiger partial charge in [0.15, 0.2) is 0 Å². The standard InChI is InChI=1S/C11H6Cl3N3O/c12-6-2-1-3-7(4-6)16-10(18)8-5-15-11(14)17-9(8)13/h1-5H,(H,16,18). The fourth-order valence-corrected chi connectivity index (χ4v) is 1.84. The summed E-state index contributed by atoms with van der Waals surface area (Å²) in [5, 5.41) is 3.13. The van der Waals surface area contributed by atoms with Crippen LogP contribution in [0.25, 0.3) is 0 Å². The van der Waals surface area contributed by atoms with E-state index in [0.717, 1.165) is 0 Å². The first-order chi connectivity index (χ1) is 8.56. The minimum atomic E-state index is -0.432. The number of carbonyl (C=O) groups is 1. The van der Waals surface area contributed by atoms with Crippen molar-refractivity contribution in [2.24, 2.45) is 0 Å². The van der Waals surface area contributed by atoms with Crippen LogP contribution in [0.3, 0.4) is 0 Å². The summed E-state index contributed by atoms with van der Waals surface area (Å²) in [5.74, 6) is -0.432. The van der Waals surface area contributed by atoms with Gasteiger partial charge in [-0.05, 0) is 29.8 Å². The molecular formula is C11H6Cl3N3O. The van der Waals surface area contributed by atoms with Crippen LogP contribution in [0, 0.1) is 0 Å². The fraction of sp³-hybridized carbons (Fsp3) is 0. The number of hydrogen-bond donors (Lipinski definition) is 1. The molecule has 0 saturated carbocycles. The molecule has 4 nitrogen and oxygen atoms in total. The van der Waals surface area contributed by atoms with E-state index in [1.54, 1.807) is 24.3 Å². The first-order valence-electron chi connectivity index (χ1n) is 4.81. The summed E-state index contributed by atoms with van der Waals surface area (Å²) in [5.41, 5.74) is 0.694. The molecule has 1 amide bonds. The highest BCUT2D eigenvalue weighted by Gasteiger charge is 2.13. The summed E-state index contributed by atoms with van der Waals surface area (Å²) in [7, 11) is 0. The Balaban J connectivity index is 2.22. The van der Waals surface area contributed by atoms with Crippen LogP contribution >= 0.6 is 34.8 Å². The molecular weight excluding hydrogens is 296 g/mol. The average molecular weight is 303 g/mol. The zero-order chi connectivity index (χ0) is 13.1. The molecule has 0 fully saturated rings. The highest BCUT2D eigenvalue weighted by molar-refractivity contribution is 6.34. The predicted octanol–water partition coefficient (Wildman–Crippen LogP) is 3.69. The van der Waals surface area contributed by atoms with Crippen molar-refractivity contribution in [2.75, 3.05) is 5.32 Å². The Bertz CT molecular complexity index is 604. The van der Waals surface area contributed by atoms with E-state index in [9.17, 15) is 4.79 Å². The number of nitrogens with one attached hydrogen (secondary N) is 1. The molecule has 18 heavy (non-hydrogen) atoms. The van der Waals surface area contributed by atoms with Crippen molar-refractivity contribution in [3.8, 4) is 0 Å². The maximum atomic E-state index is 11.9. The van der Waals surface area contributed by atoms with Crippen LogP contribution in [0.4, 0.5) is 5.69 Å². The van der Waals surface area contributed by atoms with Gasteiger partial charge in [-0.3, -0.25) is 4.79 Å². The summed E-state index contributed by atoms with van der Waals surface area (Å²) in [4.78, 5) is 19.3. The molecule has 0 unspecified atom stereocenters. The molecule has 1 aromatic carbocycles. The van der Waals surface area contributed by atoms with Gasteiger partial charge < -0.3 is 5.32 Å². The maximum absolute atomic E-state index is 11.9. The number of amides is 1. The molecule has 0 spiro atoms. The fourth-order valence-electron chi connectivity index (χ4n) is 1.26. The maximum Gasteiger partial charge on any atom is 0.260 e. The Morgan fingerprint density at radius 2 is 2.00 bits per heavy atom. The second kappa shape index (κ2) is 5.52. The Kier molecular flexibility index (Phi) is 4.01. The molecule has 1 aromatic heterocycles. The minimum absolute atomic E-state index is 0.00507. The van der Waals surface area contributed by atoms with Crippen molar-refractivity contribution in [3.63, 3.8) is 0 Å². The van der Waals surface area contributed by atoms with Gasteiger partial charge in [0.2, 0.25) is 5.28 Å². The average Bonchev–Trinajstić information content (AvgIpc) is 2.28. The van der Waals surface area contributed by atoms with E-state index >= 15 is 0 Å². The number of rotatable bonds is 2. The van der Waals surface area contributed by atoms with Crippen LogP contribution in [-0.4, -0.2) is 15.9 Å². The van der Waals surface area contributed by atoms with E-state index in [4.69, 9.17) is 34.8 Å². The lowest BCUT2D eigenvalue weighted by Crippen LogP contribution is -2.13. The molecule has 1 N–H and O–H groups in total. The number of carbonyl (C=O) groups excluding carboxylic acids is 1. The molecule has 7 heteroatoms. The Morgan fingerprint density at radius 3 is 2.67 bits per heavy atom. The van der Waals surface area contributed by atoms with E-state index in [2.05, 4.69) is 15.3 Å². The van der Waals surface area contributed by atoms with Gasteiger partial charge in [0.25, 0.3) is 5.91 Å². The van der Waals surface area contributed by atoms with E-state index in [0.29, 0.717) is 10.7 Å². The number of nitrogens with zero attached hydrogens (tertiary/aromatic N) is 2. The quantitative estimate of drug-likeness (QED) is 0.680. The van der Waals surface area contributed by atoms with Gasteiger partial charge in [-0.2, -0.15) is 0 Å². The lowest BCUT2D eigenvalue weighted by molar-refractivity contribution is 0.102. The van der Waals surface area contributed by atoms with Crippen molar-refractivity contribution < 1.29 is 4.79 Å². The molecule has 92 valence electrons. The van der Waals surface area contributed by atoms with Crippen LogP contribution in [0.2, 0.25) is 15.5 Å². The molecule has 0 saturated heterocycles. The smallest absolute Gasteiger partial charge is 0.260 e. The van der Waals surface area contributed by atoms with E-state index in [1.807, 2.05) is 0 Å². The molecule has 0 radical (unpaired) electrons. The molecule has 0 aliphatic rings. The summed E-state index contributed by atoms with van der Waals surface area (Å²) >= 11 is 17.2. The van der Waals surface area contributed by atoms with Crippen molar-refractivity contribution in [1.82, 2.24) is 9.97 Å². The lowest BCUT2D eigenvalue weighted by Gasteiger charge is -2.06. The van der Waals surface area contributed by atoms with Crippen molar-refractivity contribution in [3.05, 3.63) is 51.5 Å². The van der Waals surface area contributed by atoms with E-state index in [-0.39, 0.29) is 16.0 Å². The van der Waals surface area contributed by atoms with Crippen LogP contribution < -0.4 is 5.32 Å². The third-order valence-corrected chi connectivity index (χ3v) is 2.75. The van der Waals surface area contributed by atoms with Crippen LogP contribution in [-0.2, 0) is 0 Å². The normalized spacial score (nSPS) is 10.2. The number of aromatic nitrogens is 2. The Labute approximate surface area is 118 Å². The van der Waals surface area contributed by atoms with E-state index < -0.39 is 5.91 Å². The molecule has 1 heterocycles. The number of benzene rings is 1. The number of hydrogen-bond acceptors (Lipinski definition) is 3. The molecule has 0 atom stereocenters. The van der Waals surface area contributed by atoms with Crippen LogP contribution in [0.1, 0.15) is 10.4 Å². The SMILES string of the molecule is O=C(Nc1cccc(Cl)c1)c1cnc(Cl)nc1Cl. The van der Waals surface area contributed by atoms with Crippen molar-refractivity contribution >= 4 is 46.4 Å². The Hall–Kier alpha value is -1.36. The number of halogens is 3. The van der Waals surface area contributed by atoms with Gasteiger partial charge in [0.1, 0.15) is 5.15 Å². The van der Waals surface area contributed by atoms with Gasteiger partial charge in [-0.15, -0.1) is 0 Å². The lowest BCUT2D eigenvalue weighted by atomic mass is 10.3. The first kappa shape index (κ1) is 13.1. The van der Waals surface area contributed by atoms with Gasteiger partial charge in [0.05, 0.1) is 5.56 Å². The topological polar surface area (TPSA) is 54.9 Å². The first-order valence-corrected chi connectivity index (χ1v) is 5.94. The van der Waals surface area contributed by atoms with Crippen LogP contribution in [0.5, 0.6) is 0 Å². The summed E-state index contributed by atoms with van der Waals surface area (Å²) < 4.78 is 0. The van der Waals surface area contributed by atoms with Gasteiger partial charge in [0, 0.05) is 16.9 Å². The predicted molar refractivity (Wildman–Crippen MR) is 71.5 cm³/mol. The van der Waals surface area contributed by atoms with E-state index in [1.165, 1.54) is 6.20 Å². The van der Waals surface area contributed by atoms with Crippen molar-refractivity contribution in [2.45, 2.75) is 0 Å².